The average Bonchev–Trinajstić information content (AvgIpc) is 3.02. The summed E-state index contributed by atoms with van der Waals surface area (Å²) in [7, 11) is 1.29. The van der Waals surface area contributed by atoms with E-state index >= 15 is 0 Å². The standard InChI is InChI=1S/C17H12Cl2N2O4/c1-24-16(22)10-2-4-11(5-3-10)17(23)25-9-13-8-21-7-12(18)6-14(19)15(21)20-13/h2-8H,9H2,1H3. The maximum Gasteiger partial charge on any atom is 0.338 e. The Morgan fingerprint density at radius 1 is 1.08 bits per heavy atom. The lowest BCUT2D eigenvalue weighted by molar-refractivity contribution is 0.0467. The van der Waals surface area contributed by atoms with Gasteiger partial charge in [-0.2, -0.15) is 0 Å². The molecule has 0 bridgehead atoms. The monoisotopic (exact) mass is 378 g/mol. The molecule has 2 heterocycles. The number of carbonyl (C=O) groups is 2. The minimum absolute atomic E-state index is 0.0206. The van der Waals surface area contributed by atoms with Crippen molar-refractivity contribution in [1.29, 1.82) is 0 Å². The molecule has 0 unspecified atom stereocenters. The molecule has 1 aromatic carbocycles. The van der Waals surface area contributed by atoms with E-state index in [9.17, 15) is 9.59 Å². The second kappa shape index (κ2) is 7.13. The number of ether oxygens (including phenoxy) is 2. The van der Waals surface area contributed by atoms with Gasteiger partial charge >= 0.3 is 11.9 Å². The van der Waals surface area contributed by atoms with Gasteiger partial charge in [0.15, 0.2) is 5.65 Å². The van der Waals surface area contributed by atoms with Crippen LogP contribution in [0.3, 0.4) is 0 Å². The van der Waals surface area contributed by atoms with Crippen molar-refractivity contribution in [2.45, 2.75) is 6.61 Å². The molecule has 2 aromatic heterocycles. The minimum Gasteiger partial charge on any atom is -0.465 e. The van der Waals surface area contributed by atoms with E-state index in [1.807, 2.05) is 0 Å². The highest BCUT2D eigenvalue weighted by Gasteiger charge is 2.12. The molecule has 0 saturated heterocycles. The van der Waals surface area contributed by atoms with Crippen LogP contribution in [0, 0.1) is 0 Å². The third-order valence-electron chi connectivity index (χ3n) is 3.42. The first-order valence-corrected chi connectivity index (χ1v) is 7.91. The summed E-state index contributed by atoms with van der Waals surface area (Å²) in [5.41, 5.74) is 1.73. The summed E-state index contributed by atoms with van der Waals surface area (Å²) < 4.78 is 11.5. The zero-order valence-corrected chi connectivity index (χ0v) is 14.5. The molecule has 0 atom stereocenters. The van der Waals surface area contributed by atoms with Crippen LogP contribution in [-0.2, 0) is 16.1 Å². The molecule has 25 heavy (non-hydrogen) atoms. The summed E-state index contributed by atoms with van der Waals surface area (Å²) >= 11 is 12.0. The Bertz CT molecular complexity index is 951. The molecule has 128 valence electrons. The maximum absolute atomic E-state index is 12.1. The van der Waals surface area contributed by atoms with Crippen LogP contribution in [0.15, 0.2) is 42.7 Å². The molecule has 3 aromatic rings. The number of benzene rings is 1. The number of hydrogen-bond donors (Lipinski definition) is 0. The number of rotatable bonds is 4. The number of aromatic nitrogens is 2. The van der Waals surface area contributed by atoms with Gasteiger partial charge in [0.1, 0.15) is 6.61 Å². The number of pyridine rings is 1. The van der Waals surface area contributed by atoms with Crippen LogP contribution in [0.2, 0.25) is 10.0 Å². The number of halogens is 2. The summed E-state index contributed by atoms with van der Waals surface area (Å²) in [6, 6.07) is 7.57. The van der Waals surface area contributed by atoms with Crippen LogP contribution in [0.5, 0.6) is 0 Å². The summed E-state index contributed by atoms with van der Waals surface area (Å²) in [6.45, 7) is -0.0206. The molecule has 8 heteroatoms. The lowest BCUT2D eigenvalue weighted by Crippen LogP contribution is -2.07. The Labute approximate surface area is 152 Å². The van der Waals surface area contributed by atoms with Gasteiger partial charge in [-0.3, -0.25) is 0 Å². The lowest BCUT2D eigenvalue weighted by Gasteiger charge is -2.04. The molecule has 3 rings (SSSR count). The molecule has 0 amide bonds. The van der Waals surface area contributed by atoms with E-state index < -0.39 is 11.9 Å². The maximum atomic E-state index is 12.1. The third kappa shape index (κ3) is 3.75. The molecule has 0 aliphatic carbocycles. The molecule has 0 N–H and O–H groups in total. The molecular weight excluding hydrogens is 367 g/mol. The van der Waals surface area contributed by atoms with Crippen molar-refractivity contribution in [2.75, 3.05) is 7.11 Å². The largest absolute Gasteiger partial charge is 0.465 e. The first kappa shape index (κ1) is 17.3. The SMILES string of the molecule is COC(=O)c1ccc(C(=O)OCc2cn3cc(Cl)cc(Cl)c3n2)cc1. The molecule has 0 fully saturated rings. The fourth-order valence-electron chi connectivity index (χ4n) is 2.23. The van der Waals surface area contributed by atoms with Crippen molar-refractivity contribution in [3.05, 3.63) is 69.6 Å². The number of carbonyl (C=O) groups excluding carboxylic acids is 2. The molecule has 0 radical (unpaired) electrons. The van der Waals surface area contributed by atoms with E-state index in [0.29, 0.717) is 32.5 Å². The Morgan fingerprint density at radius 2 is 1.72 bits per heavy atom. The normalized spacial score (nSPS) is 10.7. The summed E-state index contributed by atoms with van der Waals surface area (Å²) in [5.74, 6) is -1.00. The topological polar surface area (TPSA) is 69.9 Å². The number of methoxy groups -OCH3 is 1. The van der Waals surface area contributed by atoms with Gasteiger partial charge in [-0.25, -0.2) is 14.6 Å². The Morgan fingerprint density at radius 3 is 2.36 bits per heavy atom. The lowest BCUT2D eigenvalue weighted by atomic mass is 10.1. The van der Waals surface area contributed by atoms with Crippen LogP contribution in [0.25, 0.3) is 5.65 Å². The smallest absolute Gasteiger partial charge is 0.338 e. The molecule has 6 nitrogen and oxygen atoms in total. The van der Waals surface area contributed by atoms with Crippen molar-refractivity contribution < 1.29 is 19.1 Å². The van der Waals surface area contributed by atoms with Gasteiger partial charge < -0.3 is 13.9 Å². The number of esters is 2. The van der Waals surface area contributed by atoms with Crippen LogP contribution >= 0.6 is 23.2 Å². The molecule has 0 aliphatic rings. The van der Waals surface area contributed by atoms with Crippen molar-refractivity contribution in [3.63, 3.8) is 0 Å². The number of imidazole rings is 1. The van der Waals surface area contributed by atoms with Crippen LogP contribution < -0.4 is 0 Å². The molecule has 0 saturated carbocycles. The van der Waals surface area contributed by atoms with Gasteiger partial charge in [0.25, 0.3) is 0 Å². The third-order valence-corrected chi connectivity index (χ3v) is 3.90. The Kier molecular flexibility index (Phi) is 4.92. The van der Waals surface area contributed by atoms with Crippen LogP contribution in [0.1, 0.15) is 26.4 Å². The van der Waals surface area contributed by atoms with E-state index in [0.717, 1.165) is 0 Å². The van der Waals surface area contributed by atoms with Gasteiger partial charge in [-0.15, -0.1) is 0 Å². The highest BCUT2D eigenvalue weighted by Crippen LogP contribution is 2.22. The highest BCUT2D eigenvalue weighted by molar-refractivity contribution is 6.36. The van der Waals surface area contributed by atoms with Gasteiger partial charge in [0.2, 0.25) is 0 Å². The van der Waals surface area contributed by atoms with E-state index in [1.54, 1.807) is 22.9 Å². The van der Waals surface area contributed by atoms with Crippen molar-refractivity contribution in [1.82, 2.24) is 9.38 Å². The molecular formula is C17H12Cl2N2O4. The Balaban J connectivity index is 1.70. The minimum atomic E-state index is -0.530. The first-order chi connectivity index (χ1) is 12.0. The second-order valence-electron chi connectivity index (χ2n) is 5.11. The van der Waals surface area contributed by atoms with Crippen LogP contribution in [0.4, 0.5) is 0 Å². The van der Waals surface area contributed by atoms with Gasteiger partial charge in [-0.05, 0) is 30.3 Å². The van der Waals surface area contributed by atoms with E-state index in [2.05, 4.69) is 9.72 Å². The molecule has 0 spiro atoms. The van der Waals surface area contributed by atoms with Crippen LogP contribution in [-0.4, -0.2) is 28.4 Å². The quantitative estimate of drug-likeness (QED) is 0.646. The van der Waals surface area contributed by atoms with Crippen molar-refractivity contribution in [2.24, 2.45) is 0 Å². The van der Waals surface area contributed by atoms with E-state index in [-0.39, 0.29) is 6.61 Å². The number of fused-ring (bicyclic) bond motifs is 1. The average molecular weight is 379 g/mol. The Hall–Kier alpha value is -2.57. The number of hydrogen-bond acceptors (Lipinski definition) is 5. The summed E-state index contributed by atoms with van der Waals surface area (Å²) in [5, 5.41) is 0.882. The predicted octanol–water partition coefficient (Wildman–Crippen LogP) is 3.78. The van der Waals surface area contributed by atoms with E-state index in [4.69, 9.17) is 27.9 Å². The zero-order chi connectivity index (χ0) is 18.0. The second-order valence-corrected chi connectivity index (χ2v) is 5.96. The predicted molar refractivity (Wildman–Crippen MR) is 92.1 cm³/mol. The number of nitrogens with zero attached hydrogens (tertiary/aromatic N) is 2. The summed E-state index contributed by atoms with van der Waals surface area (Å²) in [6.07, 6.45) is 3.34. The zero-order valence-electron chi connectivity index (χ0n) is 13.0. The van der Waals surface area contributed by atoms with Crippen molar-refractivity contribution >= 4 is 40.8 Å². The van der Waals surface area contributed by atoms with Gasteiger partial charge in [-0.1, -0.05) is 23.2 Å². The van der Waals surface area contributed by atoms with Gasteiger partial charge in [0, 0.05) is 12.4 Å². The summed E-state index contributed by atoms with van der Waals surface area (Å²) in [4.78, 5) is 27.8. The fraction of sp³-hybridized carbons (Fsp3) is 0.118. The highest BCUT2D eigenvalue weighted by atomic mass is 35.5. The van der Waals surface area contributed by atoms with E-state index in [1.165, 1.54) is 31.4 Å². The van der Waals surface area contributed by atoms with Crippen molar-refractivity contribution in [3.8, 4) is 0 Å². The fourth-order valence-corrected chi connectivity index (χ4v) is 2.76. The van der Waals surface area contributed by atoms with Gasteiger partial charge in [0.05, 0.1) is 34.0 Å². The molecule has 0 aliphatic heterocycles. The first-order valence-electron chi connectivity index (χ1n) is 7.16.